The van der Waals surface area contributed by atoms with Crippen molar-refractivity contribution in [2.45, 2.75) is 45.1 Å². The van der Waals surface area contributed by atoms with Crippen molar-refractivity contribution in [3.8, 4) is 5.75 Å². The maximum Gasteiger partial charge on any atom is 0.241 e. The molecule has 0 saturated carbocycles. The minimum Gasteiger partial charge on any atom is -0.497 e. The number of nitrogens with zero attached hydrogens (tertiary/aromatic N) is 1. The van der Waals surface area contributed by atoms with E-state index in [1.165, 1.54) is 0 Å². The zero-order valence-electron chi connectivity index (χ0n) is 16.7. The van der Waals surface area contributed by atoms with Gasteiger partial charge in [0.1, 0.15) is 11.8 Å². The zero-order valence-corrected chi connectivity index (χ0v) is 17.6. The first-order chi connectivity index (χ1) is 12.7. The van der Waals surface area contributed by atoms with Gasteiger partial charge in [0.25, 0.3) is 0 Å². The number of morpholine rings is 1. The lowest BCUT2D eigenvalue weighted by atomic mass is 10.0. The topological polar surface area (TPSA) is 84.9 Å². The Bertz CT molecular complexity index is 747. The predicted octanol–water partition coefficient (Wildman–Crippen LogP) is 1.86. The monoisotopic (exact) mass is 398 g/mol. The van der Waals surface area contributed by atoms with Gasteiger partial charge in [-0.15, -0.1) is 0 Å². The highest BCUT2D eigenvalue weighted by atomic mass is 32.2. The Kier molecular flexibility index (Phi) is 7.25. The van der Waals surface area contributed by atoms with Crippen LogP contribution in [0.5, 0.6) is 5.75 Å². The van der Waals surface area contributed by atoms with Gasteiger partial charge in [0.15, 0.2) is 0 Å². The SMILES string of the molecule is COc1cc(C)c(S(=O)(=O)N[C@@H](CC(C)C)C(=O)N2CCOCC2)c(C)c1. The fraction of sp³-hybridized carbons (Fsp3) is 0.632. The molecule has 0 radical (unpaired) electrons. The first-order valence-electron chi connectivity index (χ1n) is 9.19. The normalized spacial score (nSPS) is 16.4. The summed E-state index contributed by atoms with van der Waals surface area (Å²) >= 11 is 0. The molecular formula is C19H30N2O5S. The molecule has 152 valence electrons. The molecule has 27 heavy (non-hydrogen) atoms. The van der Waals surface area contributed by atoms with E-state index in [0.29, 0.717) is 49.6 Å². The van der Waals surface area contributed by atoms with E-state index in [1.807, 2.05) is 13.8 Å². The van der Waals surface area contributed by atoms with Crippen LogP contribution in [-0.2, 0) is 19.6 Å². The number of hydrogen-bond donors (Lipinski definition) is 1. The molecule has 0 unspecified atom stereocenters. The minimum absolute atomic E-state index is 0.167. The number of methoxy groups -OCH3 is 1. The highest BCUT2D eigenvalue weighted by Gasteiger charge is 2.32. The molecule has 1 aliphatic rings. The first-order valence-corrected chi connectivity index (χ1v) is 10.7. The van der Waals surface area contributed by atoms with Crippen LogP contribution in [0.25, 0.3) is 0 Å². The van der Waals surface area contributed by atoms with E-state index in [9.17, 15) is 13.2 Å². The molecule has 0 bridgehead atoms. The van der Waals surface area contributed by atoms with Crippen LogP contribution in [0.15, 0.2) is 17.0 Å². The molecule has 7 nitrogen and oxygen atoms in total. The Balaban J connectivity index is 2.31. The minimum atomic E-state index is -3.86. The second kappa shape index (κ2) is 9.03. The molecule has 1 aromatic carbocycles. The number of sulfonamides is 1. The third-order valence-corrected chi connectivity index (χ3v) is 6.34. The van der Waals surface area contributed by atoms with Crippen LogP contribution in [0.4, 0.5) is 0 Å². The second-order valence-electron chi connectivity index (χ2n) is 7.33. The maximum atomic E-state index is 13.1. The van der Waals surface area contributed by atoms with Crippen LogP contribution >= 0.6 is 0 Å². The highest BCUT2D eigenvalue weighted by molar-refractivity contribution is 7.89. The summed E-state index contributed by atoms with van der Waals surface area (Å²) in [4.78, 5) is 14.8. The predicted molar refractivity (Wildman–Crippen MR) is 103 cm³/mol. The molecule has 0 spiro atoms. The van der Waals surface area contributed by atoms with Gasteiger partial charge in [0, 0.05) is 13.1 Å². The molecule has 1 atom stereocenters. The van der Waals surface area contributed by atoms with Crippen molar-refractivity contribution < 1.29 is 22.7 Å². The third kappa shape index (κ3) is 5.43. The van der Waals surface area contributed by atoms with Crippen LogP contribution in [0, 0.1) is 19.8 Å². The van der Waals surface area contributed by atoms with E-state index in [1.54, 1.807) is 38.0 Å². The van der Waals surface area contributed by atoms with Crippen LogP contribution in [0.2, 0.25) is 0 Å². The summed E-state index contributed by atoms with van der Waals surface area (Å²) in [5.74, 6) is 0.576. The standard InChI is InChI=1S/C19H30N2O5S/c1-13(2)10-17(19(22)21-6-8-26-9-7-21)20-27(23,24)18-14(3)11-16(25-5)12-15(18)4/h11-13,17,20H,6-10H2,1-5H3/t17-/m0/s1. The van der Waals surface area contributed by atoms with Crippen LogP contribution in [0.1, 0.15) is 31.4 Å². The molecule has 1 amide bonds. The molecule has 1 saturated heterocycles. The van der Waals surface area contributed by atoms with Crippen molar-refractivity contribution in [1.82, 2.24) is 9.62 Å². The van der Waals surface area contributed by atoms with Gasteiger partial charge in [-0.3, -0.25) is 4.79 Å². The highest BCUT2D eigenvalue weighted by Crippen LogP contribution is 2.26. The van der Waals surface area contributed by atoms with Crippen molar-refractivity contribution in [2.24, 2.45) is 5.92 Å². The van der Waals surface area contributed by atoms with Crippen LogP contribution < -0.4 is 9.46 Å². The van der Waals surface area contributed by atoms with Gasteiger partial charge in [0.05, 0.1) is 25.2 Å². The molecule has 8 heteroatoms. The Morgan fingerprint density at radius 1 is 1.22 bits per heavy atom. The number of aryl methyl sites for hydroxylation is 2. The van der Waals surface area contributed by atoms with Gasteiger partial charge in [-0.2, -0.15) is 4.72 Å². The zero-order chi connectivity index (χ0) is 20.2. The lowest BCUT2D eigenvalue weighted by Crippen LogP contribution is -2.52. The summed E-state index contributed by atoms with van der Waals surface area (Å²) in [6.45, 7) is 9.31. The quantitative estimate of drug-likeness (QED) is 0.758. The molecule has 0 aromatic heterocycles. The summed E-state index contributed by atoms with van der Waals surface area (Å²) in [6, 6.07) is 2.57. The van der Waals surface area contributed by atoms with Crippen molar-refractivity contribution in [1.29, 1.82) is 0 Å². The van der Waals surface area contributed by atoms with Crippen molar-refractivity contribution >= 4 is 15.9 Å². The Morgan fingerprint density at radius 3 is 2.26 bits per heavy atom. The number of nitrogens with one attached hydrogen (secondary N) is 1. The van der Waals surface area contributed by atoms with Gasteiger partial charge in [0.2, 0.25) is 15.9 Å². The summed E-state index contributed by atoms with van der Waals surface area (Å²) < 4.78 is 39.4. The molecular weight excluding hydrogens is 368 g/mol. The fourth-order valence-electron chi connectivity index (χ4n) is 3.37. The van der Waals surface area contributed by atoms with Gasteiger partial charge in [-0.1, -0.05) is 13.8 Å². The number of rotatable bonds is 7. The van der Waals surface area contributed by atoms with Crippen molar-refractivity contribution in [3.63, 3.8) is 0 Å². The number of ether oxygens (including phenoxy) is 2. The van der Waals surface area contributed by atoms with Crippen molar-refractivity contribution in [2.75, 3.05) is 33.4 Å². The molecule has 2 rings (SSSR count). The van der Waals surface area contributed by atoms with E-state index in [0.717, 1.165) is 0 Å². The lowest BCUT2D eigenvalue weighted by molar-refractivity contribution is -0.137. The molecule has 1 heterocycles. The summed E-state index contributed by atoms with van der Waals surface area (Å²) in [6.07, 6.45) is 0.434. The number of benzene rings is 1. The van der Waals surface area contributed by atoms with Gasteiger partial charge in [-0.05, 0) is 49.4 Å². The van der Waals surface area contributed by atoms with Gasteiger partial charge < -0.3 is 14.4 Å². The van der Waals surface area contributed by atoms with E-state index >= 15 is 0 Å². The molecule has 1 aliphatic heterocycles. The number of amides is 1. The average Bonchev–Trinajstić information content (AvgIpc) is 2.59. The Hall–Kier alpha value is -1.64. The molecule has 1 N–H and O–H groups in total. The summed E-state index contributed by atoms with van der Waals surface area (Å²) in [7, 11) is -2.32. The van der Waals surface area contributed by atoms with E-state index in [2.05, 4.69) is 4.72 Å². The largest absolute Gasteiger partial charge is 0.497 e. The first kappa shape index (κ1) is 21.7. The van der Waals surface area contributed by atoms with E-state index in [-0.39, 0.29) is 16.7 Å². The lowest BCUT2D eigenvalue weighted by Gasteiger charge is -2.31. The van der Waals surface area contributed by atoms with Crippen molar-refractivity contribution in [3.05, 3.63) is 23.3 Å². The average molecular weight is 399 g/mol. The molecule has 0 aliphatic carbocycles. The Morgan fingerprint density at radius 2 is 1.78 bits per heavy atom. The number of hydrogen-bond acceptors (Lipinski definition) is 5. The number of carbonyl (C=O) groups excluding carboxylic acids is 1. The molecule has 1 aromatic rings. The summed E-state index contributed by atoms with van der Waals surface area (Å²) in [5, 5.41) is 0. The maximum absolute atomic E-state index is 13.1. The molecule has 1 fully saturated rings. The van der Waals surface area contributed by atoms with Gasteiger partial charge >= 0.3 is 0 Å². The summed E-state index contributed by atoms with van der Waals surface area (Å²) in [5.41, 5.74) is 1.17. The van der Waals surface area contributed by atoms with E-state index in [4.69, 9.17) is 9.47 Å². The number of carbonyl (C=O) groups is 1. The Labute approximate surface area is 162 Å². The smallest absolute Gasteiger partial charge is 0.241 e. The van der Waals surface area contributed by atoms with E-state index < -0.39 is 16.1 Å². The van der Waals surface area contributed by atoms with Crippen LogP contribution in [-0.4, -0.2) is 58.7 Å². The second-order valence-corrected chi connectivity index (χ2v) is 8.98. The van der Waals surface area contributed by atoms with Crippen LogP contribution in [0.3, 0.4) is 0 Å². The fourth-order valence-corrected chi connectivity index (χ4v) is 5.03. The van der Waals surface area contributed by atoms with Gasteiger partial charge in [-0.25, -0.2) is 8.42 Å². The third-order valence-electron chi connectivity index (χ3n) is 4.56.